The topological polar surface area (TPSA) is 167 Å². The van der Waals surface area contributed by atoms with Crippen molar-refractivity contribution in [1.82, 2.24) is 29.9 Å². The maximum atomic E-state index is 15.6. The zero-order valence-electron chi connectivity index (χ0n) is 34.1. The molecule has 2 saturated carbocycles. The highest BCUT2D eigenvalue weighted by atomic mass is 35.5. The van der Waals surface area contributed by atoms with Gasteiger partial charge in [-0.15, -0.1) is 0 Å². The summed E-state index contributed by atoms with van der Waals surface area (Å²) in [5, 5.41) is 10.8. The van der Waals surface area contributed by atoms with Crippen molar-refractivity contribution in [1.29, 1.82) is 0 Å². The fourth-order valence-corrected chi connectivity index (χ4v) is 11.1. The second kappa shape index (κ2) is 15.5. The third kappa shape index (κ3) is 7.89. The molecule has 1 amide bonds. The van der Waals surface area contributed by atoms with Crippen molar-refractivity contribution in [3.8, 4) is 23.0 Å². The van der Waals surface area contributed by atoms with Crippen LogP contribution in [0.4, 0.5) is 32.2 Å². The molecule has 0 radical (unpaired) electrons. The van der Waals surface area contributed by atoms with E-state index >= 15 is 8.78 Å². The Balaban J connectivity index is 1.22. The van der Waals surface area contributed by atoms with E-state index < -0.39 is 108 Å². The Bertz CT molecular complexity index is 3050. The van der Waals surface area contributed by atoms with E-state index in [-0.39, 0.29) is 63.9 Å². The SMILES string of the molecule is CC(C)(C#Cc1ccc(-c2ccc(Cl)c3c(NS(C)(=O)=O)nn(C4COC4)c23)c([C@H](Cc2cc(F)cc(F)c2)NC(=O)Cn2nc(C(F)F)c3c2C(F)(F)[C@@H]2C[C@H]32)n1)S(=O)(=O)C1CC1. The standard InChI is InChI=1S/C42H38ClF6N7O6S2/c1-41(2,64(60,61)25-5-6-25)11-10-23-4-7-26(27-8-9-30(43)34-37(27)56(24-18-62-19-24)53-40(34)54-63(3,58)59)35(50-23)31(14-20-12-21(44)15-22(45)13-20)51-32(57)17-55-38-33(36(52-55)39(46)47)28-16-29(28)42(38,48)49/h4,7-9,12-13,15,24-25,28-29,31,39H,5-6,14,16-19H2,1-3H3,(H,51,57)(H,53,54)/t28-,29+,31-/m0/s1. The number of halogens is 7. The fourth-order valence-electron chi connectivity index (χ4n) is 8.58. The van der Waals surface area contributed by atoms with Gasteiger partial charge in [-0.05, 0) is 87.3 Å². The van der Waals surface area contributed by atoms with Gasteiger partial charge in [0.25, 0.3) is 12.3 Å². The molecule has 1 saturated heterocycles. The number of fused-ring (bicyclic) bond motifs is 4. The first-order valence-corrected chi connectivity index (χ1v) is 23.9. The van der Waals surface area contributed by atoms with Crippen molar-refractivity contribution in [3.05, 3.63) is 93.0 Å². The van der Waals surface area contributed by atoms with Gasteiger partial charge >= 0.3 is 0 Å². The number of sulfone groups is 1. The lowest BCUT2D eigenvalue weighted by atomic mass is 9.93. The van der Waals surface area contributed by atoms with Crippen LogP contribution in [0.25, 0.3) is 22.0 Å². The number of alkyl halides is 4. The molecule has 3 aromatic heterocycles. The molecule has 3 atom stereocenters. The molecule has 2 aromatic carbocycles. The van der Waals surface area contributed by atoms with Gasteiger partial charge in [-0.2, -0.15) is 19.0 Å². The number of benzene rings is 2. The highest BCUT2D eigenvalue weighted by Crippen LogP contribution is 2.68. The highest BCUT2D eigenvalue weighted by Gasteiger charge is 2.67. The summed E-state index contributed by atoms with van der Waals surface area (Å²) in [6.45, 7) is 2.34. The summed E-state index contributed by atoms with van der Waals surface area (Å²) in [7, 11) is -7.60. The van der Waals surface area contributed by atoms with Gasteiger partial charge in [0, 0.05) is 28.7 Å². The normalized spacial score (nSPS) is 19.7. The van der Waals surface area contributed by atoms with Crippen LogP contribution >= 0.6 is 11.6 Å². The van der Waals surface area contributed by atoms with E-state index in [1.54, 1.807) is 12.1 Å². The number of aromatic nitrogens is 5. The van der Waals surface area contributed by atoms with Crippen LogP contribution in [0.3, 0.4) is 0 Å². The number of rotatable bonds is 13. The van der Waals surface area contributed by atoms with E-state index in [1.807, 2.05) is 0 Å². The number of carbonyl (C=O) groups is 1. The number of pyridine rings is 1. The zero-order valence-corrected chi connectivity index (χ0v) is 36.5. The predicted molar refractivity (Wildman–Crippen MR) is 222 cm³/mol. The molecule has 4 heterocycles. The maximum absolute atomic E-state index is 15.6. The lowest BCUT2D eigenvalue weighted by Crippen LogP contribution is -2.35. The largest absolute Gasteiger partial charge is 0.377 e. The van der Waals surface area contributed by atoms with Crippen LogP contribution < -0.4 is 10.0 Å². The van der Waals surface area contributed by atoms with Crippen LogP contribution in [-0.2, 0) is 48.3 Å². The Morgan fingerprint density at radius 1 is 1.02 bits per heavy atom. The molecule has 3 fully saturated rings. The third-order valence-electron chi connectivity index (χ3n) is 11.9. The van der Waals surface area contributed by atoms with Crippen LogP contribution in [0.2, 0.25) is 5.02 Å². The number of hydrogen-bond donors (Lipinski definition) is 2. The molecule has 1 aliphatic heterocycles. The van der Waals surface area contributed by atoms with E-state index in [1.165, 1.54) is 30.7 Å². The van der Waals surface area contributed by atoms with Gasteiger partial charge in [-0.25, -0.2) is 39.4 Å². The molecule has 22 heteroatoms. The van der Waals surface area contributed by atoms with Crippen LogP contribution in [0, 0.1) is 29.4 Å². The number of amides is 1. The van der Waals surface area contributed by atoms with E-state index in [0.717, 1.165) is 18.4 Å². The van der Waals surface area contributed by atoms with E-state index in [0.29, 0.717) is 34.7 Å². The summed E-state index contributed by atoms with van der Waals surface area (Å²) < 4.78 is 149. The van der Waals surface area contributed by atoms with Crippen molar-refractivity contribution in [3.63, 3.8) is 0 Å². The number of hydrogen-bond acceptors (Lipinski definition) is 9. The molecule has 3 aliphatic carbocycles. The third-order valence-corrected chi connectivity index (χ3v) is 15.7. The summed E-state index contributed by atoms with van der Waals surface area (Å²) in [4.78, 5) is 19.0. The average molecular weight is 950 g/mol. The van der Waals surface area contributed by atoms with Gasteiger partial charge < -0.3 is 10.1 Å². The molecular formula is C42H38ClF6N7O6S2. The minimum Gasteiger partial charge on any atom is -0.377 e. The van der Waals surface area contributed by atoms with E-state index in [2.05, 4.69) is 32.1 Å². The smallest absolute Gasteiger partial charge is 0.293 e. The minimum absolute atomic E-state index is 0.00151. The Hall–Kier alpha value is -5.17. The maximum Gasteiger partial charge on any atom is 0.293 e. The van der Waals surface area contributed by atoms with Crippen LogP contribution in [0.5, 0.6) is 0 Å². The lowest BCUT2D eigenvalue weighted by Gasteiger charge is -2.28. The highest BCUT2D eigenvalue weighted by molar-refractivity contribution is 7.93. The van der Waals surface area contributed by atoms with Crippen molar-refractivity contribution in [2.45, 2.75) is 86.4 Å². The summed E-state index contributed by atoms with van der Waals surface area (Å²) in [6.07, 6.45) is -1.68. The zero-order chi connectivity index (χ0) is 45.8. The molecule has 0 spiro atoms. The predicted octanol–water partition coefficient (Wildman–Crippen LogP) is 7.12. The van der Waals surface area contributed by atoms with Crippen molar-refractivity contribution < 1.29 is 52.7 Å². The van der Waals surface area contributed by atoms with Gasteiger partial charge in [0.05, 0.1) is 58.4 Å². The summed E-state index contributed by atoms with van der Waals surface area (Å²) in [5.74, 6) is -2.98. The van der Waals surface area contributed by atoms with Crippen LogP contribution in [0.15, 0.2) is 42.5 Å². The summed E-state index contributed by atoms with van der Waals surface area (Å²) >= 11 is 6.74. The first-order valence-electron chi connectivity index (χ1n) is 20.1. The van der Waals surface area contributed by atoms with Crippen molar-refractivity contribution >= 4 is 54.1 Å². The number of nitrogens with zero attached hydrogens (tertiary/aromatic N) is 5. The number of nitrogens with one attached hydrogen (secondary N) is 2. The number of anilines is 1. The average Bonchev–Trinajstić information content (AvgIpc) is 4.09. The van der Waals surface area contributed by atoms with Gasteiger partial charge in [-0.3, -0.25) is 18.9 Å². The second-order valence-electron chi connectivity index (χ2n) is 17.1. The first-order chi connectivity index (χ1) is 30.0. The summed E-state index contributed by atoms with van der Waals surface area (Å²) in [6, 6.07) is 6.91. The Labute approximate surface area is 367 Å². The molecule has 13 nitrogen and oxygen atoms in total. The second-order valence-corrected chi connectivity index (χ2v) is 22.0. The molecule has 338 valence electrons. The van der Waals surface area contributed by atoms with Crippen molar-refractivity contribution in [2.24, 2.45) is 5.92 Å². The van der Waals surface area contributed by atoms with Crippen LogP contribution in [-0.4, -0.2) is 76.8 Å². The van der Waals surface area contributed by atoms with Gasteiger partial charge in [0.1, 0.15) is 40.0 Å². The molecule has 0 unspecified atom stereocenters. The van der Waals surface area contributed by atoms with Gasteiger partial charge in [0.2, 0.25) is 15.9 Å². The van der Waals surface area contributed by atoms with Gasteiger partial charge in [-0.1, -0.05) is 23.6 Å². The Kier molecular flexibility index (Phi) is 10.7. The Morgan fingerprint density at radius 3 is 2.33 bits per heavy atom. The minimum atomic E-state index is -3.91. The van der Waals surface area contributed by atoms with Crippen molar-refractivity contribution in [2.75, 3.05) is 24.2 Å². The molecule has 64 heavy (non-hydrogen) atoms. The first kappa shape index (κ1) is 44.1. The number of carbonyl (C=O) groups excluding carboxylic acids is 1. The molecular weight excluding hydrogens is 912 g/mol. The quantitative estimate of drug-likeness (QED) is 0.0923. The summed E-state index contributed by atoms with van der Waals surface area (Å²) in [5.41, 5.74) is -1.10. The molecule has 0 bridgehead atoms. The monoisotopic (exact) mass is 949 g/mol. The van der Waals surface area contributed by atoms with E-state index in [4.69, 9.17) is 21.3 Å². The molecule has 4 aliphatic rings. The molecule has 2 N–H and O–H groups in total. The molecule has 5 aromatic rings. The molecule has 9 rings (SSSR count). The lowest BCUT2D eigenvalue weighted by molar-refractivity contribution is -0.123. The van der Waals surface area contributed by atoms with Gasteiger partial charge in [0.15, 0.2) is 15.7 Å². The number of sulfonamides is 1. The van der Waals surface area contributed by atoms with Crippen LogP contribution in [0.1, 0.15) is 91.4 Å². The fraction of sp³-hybridized carbons (Fsp3) is 0.429. The Morgan fingerprint density at radius 2 is 1.70 bits per heavy atom. The van der Waals surface area contributed by atoms with E-state index in [9.17, 15) is 39.2 Å². The number of ether oxygens (including phenoxy) is 1.